The van der Waals surface area contributed by atoms with Crippen molar-refractivity contribution in [2.24, 2.45) is 0 Å². The minimum Gasteiger partial charge on any atom is -0.493 e. The normalized spacial score (nSPS) is 16.6. The van der Waals surface area contributed by atoms with Crippen LogP contribution in [0.25, 0.3) is 0 Å². The topological polar surface area (TPSA) is 80.2 Å². The van der Waals surface area contributed by atoms with Gasteiger partial charge in [0, 0.05) is 13.1 Å². The first kappa shape index (κ1) is 14.9. The molecule has 1 atom stereocenters. The molecule has 1 heterocycles. The van der Waals surface area contributed by atoms with Crippen molar-refractivity contribution in [3.63, 3.8) is 0 Å². The molecule has 2 rings (SSSR count). The Morgan fingerprint density at radius 1 is 1.35 bits per heavy atom. The zero-order valence-corrected chi connectivity index (χ0v) is 11.8. The van der Waals surface area contributed by atoms with Crippen LogP contribution in [0.1, 0.15) is 12.5 Å². The van der Waals surface area contributed by atoms with Crippen LogP contribution in [-0.2, 0) is 6.54 Å². The molecule has 0 fully saturated rings. The molecule has 0 radical (unpaired) electrons. The van der Waals surface area contributed by atoms with Crippen LogP contribution in [0.5, 0.6) is 17.2 Å². The number of aliphatic hydroxyl groups excluding tert-OH is 1. The molecule has 1 aliphatic rings. The zero-order valence-electron chi connectivity index (χ0n) is 11.8. The molecule has 0 bridgehead atoms. The van der Waals surface area contributed by atoms with Gasteiger partial charge in [-0.1, -0.05) is 0 Å². The fourth-order valence-electron chi connectivity index (χ4n) is 1.96. The summed E-state index contributed by atoms with van der Waals surface area (Å²) in [6.07, 6.45) is 0. The SMILES string of the molecule is COc1cc(CNCC(C)(O)CO)cc2c1OCCO2. The number of aliphatic hydroxyl groups is 2. The molecule has 1 aromatic rings. The molecule has 0 saturated carbocycles. The molecule has 1 unspecified atom stereocenters. The lowest BCUT2D eigenvalue weighted by molar-refractivity contribution is 0.00253. The predicted octanol–water partition coefficient (Wildman–Crippen LogP) is 0.299. The highest BCUT2D eigenvalue weighted by Gasteiger charge is 2.20. The second-order valence-electron chi connectivity index (χ2n) is 5.08. The van der Waals surface area contributed by atoms with E-state index in [0.717, 1.165) is 5.56 Å². The van der Waals surface area contributed by atoms with E-state index in [2.05, 4.69) is 5.32 Å². The molecule has 1 aromatic carbocycles. The Kier molecular flexibility index (Phi) is 4.69. The summed E-state index contributed by atoms with van der Waals surface area (Å²) in [5.41, 5.74) is -0.169. The average molecular weight is 283 g/mol. The van der Waals surface area contributed by atoms with Crippen LogP contribution >= 0.6 is 0 Å². The highest BCUT2D eigenvalue weighted by Crippen LogP contribution is 2.40. The third-order valence-corrected chi connectivity index (χ3v) is 3.06. The number of methoxy groups -OCH3 is 1. The fourth-order valence-corrected chi connectivity index (χ4v) is 1.96. The van der Waals surface area contributed by atoms with Crippen LogP contribution in [0, 0.1) is 0 Å². The number of ether oxygens (including phenoxy) is 3. The van der Waals surface area contributed by atoms with Crippen LogP contribution in [0.3, 0.4) is 0 Å². The van der Waals surface area contributed by atoms with Gasteiger partial charge in [0.2, 0.25) is 5.75 Å². The molecule has 0 spiro atoms. The molecule has 6 heteroatoms. The van der Waals surface area contributed by atoms with E-state index in [1.807, 2.05) is 12.1 Å². The number of benzene rings is 1. The molecule has 0 aliphatic carbocycles. The van der Waals surface area contributed by atoms with Crippen LogP contribution in [0.4, 0.5) is 0 Å². The molecule has 0 aromatic heterocycles. The quantitative estimate of drug-likeness (QED) is 0.697. The summed E-state index contributed by atoms with van der Waals surface area (Å²) in [5.74, 6) is 1.93. The van der Waals surface area contributed by atoms with Crippen LogP contribution in [-0.4, -0.2) is 49.3 Å². The summed E-state index contributed by atoms with van der Waals surface area (Å²) in [5, 5.41) is 21.8. The van der Waals surface area contributed by atoms with Gasteiger partial charge in [-0.05, 0) is 24.6 Å². The van der Waals surface area contributed by atoms with E-state index in [9.17, 15) is 5.11 Å². The Hall–Kier alpha value is -1.50. The number of hydrogen-bond donors (Lipinski definition) is 3. The van der Waals surface area contributed by atoms with E-state index in [-0.39, 0.29) is 6.61 Å². The first-order valence-electron chi connectivity index (χ1n) is 6.56. The van der Waals surface area contributed by atoms with Crippen molar-refractivity contribution in [2.45, 2.75) is 19.1 Å². The smallest absolute Gasteiger partial charge is 0.203 e. The van der Waals surface area contributed by atoms with Crippen LogP contribution in [0.2, 0.25) is 0 Å². The Balaban J connectivity index is 2.05. The first-order valence-corrected chi connectivity index (χ1v) is 6.56. The minimum absolute atomic E-state index is 0.287. The van der Waals surface area contributed by atoms with Crippen molar-refractivity contribution in [3.05, 3.63) is 17.7 Å². The highest BCUT2D eigenvalue weighted by molar-refractivity contribution is 5.54. The summed E-state index contributed by atoms with van der Waals surface area (Å²) < 4.78 is 16.4. The lowest BCUT2D eigenvalue weighted by atomic mass is 10.1. The molecule has 6 nitrogen and oxygen atoms in total. The lowest BCUT2D eigenvalue weighted by Gasteiger charge is -2.23. The van der Waals surface area contributed by atoms with Gasteiger partial charge in [-0.2, -0.15) is 0 Å². The van der Waals surface area contributed by atoms with Gasteiger partial charge in [-0.25, -0.2) is 0 Å². The van der Waals surface area contributed by atoms with Gasteiger partial charge in [0.05, 0.1) is 19.3 Å². The predicted molar refractivity (Wildman–Crippen MR) is 73.4 cm³/mol. The standard InChI is InChI=1S/C14H21NO5/c1-14(17,9-16)8-15-7-10-5-11(18-2)13-12(6-10)19-3-4-20-13/h5-6,15-17H,3-4,7-9H2,1-2H3. The van der Waals surface area contributed by atoms with Crippen molar-refractivity contribution in [1.29, 1.82) is 0 Å². The molecule has 20 heavy (non-hydrogen) atoms. The van der Waals surface area contributed by atoms with Crippen molar-refractivity contribution in [2.75, 3.05) is 33.5 Å². The summed E-state index contributed by atoms with van der Waals surface area (Å²) in [7, 11) is 1.58. The van der Waals surface area contributed by atoms with Gasteiger partial charge < -0.3 is 29.7 Å². The molecule has 3 N–H and O–H groups in total. The number of nitrogens with one attached hydrogen (secondary N) is 1. The first-order chi connectivity index (χ1) is 9.55. The van der Waals surface area contributed by atoms with Gasteiger partial charge in [0.15, 0.2) is 11.5 Å². The lowest BCUT2D eigenvalue weighted by Crippen LogP contribution is -2.40. The van der Waals surface area contributed by atoms with Gasteiger partial charge in [0.1, 0.15) is 13.2 Å². The van der Waals surface area contributed by atoms with Gasteiger partial charge in [-0.3, -0.25) is 0 Å². The van der Waals surface area contributed by atoms with Gasteiger partial charge in [0.25, 0.3) is 0 Å². The monoisotopic (exact) mass is 283 g/mol. The van der Waals surface area contributed by atoms with E-state index in [1.165, 1.54) is 0 Å². The summed E-state index contributed by atoms with van der Waals surface area (Å²) >= 11 is 0. The third-order valence-electron chi connectivity index (χ3n) is 3.06. The molecular weight excluding hydrogens is 262 g/mol. The van der Waals surface area contributed by atoms with E-state index in [0.29, 0.717) is 43.6 Å². The Labute approximate surface area is 118 Å². The van der Waals surface area contributed by atoms with Gasteiger partial charge in [-0.15, -0.1) is 0 Å². The highest BCUT2D eigenvalue weighted by atomic mass is 16.6. The van der Waals surface area contributed by atoms with E-state index >= 15 is 0 Å². The number of hydrogen-bond acceptors (Lipinski definition) is 6. The molecular formula is C14H21NO5. The van der Waals surface area contributed by atoms with Crippen molar-refractivity contribution < 1.29 is 24.4 Å². The van der Waals surface area contributed by atoms with E-state index in [4.69, 9.17) is 19.3 Å². The summed E-state index contributed by atoms with van der Waals surface area (Å²) in [6, 6.07) is 3.76. The maximum atomic E-state index is 9.71. The Morgan fingerprint density at radius 2 is 2.10 bits per heavy atom. The average Bonchev–Trinajstić information content (AvgIpc) is 2.46. The van der Waals surface area contributed by atoms with Crippen molar-refractivity contribution in [1.82, 2.24) is 5.32 Å². The van der Waals surface area contributed by atoms with Crippen molar-refractivity contribution in [3.8, 4) is 17.2 Å². The molecule has 0 amide bonds. The van der Waals surface area contributed by atoms with Crippen molar-refractivity contribution >= 4 is 0 Å². The number of rotatable bonds is 6. The largest absolute Gasteiger partial charge is 0.493 e. The minimum atomic E-state index is -1.13. The van der Waals surface area contributed by atoms with Crippen LogP contribution < -0.4 is 19.5 Å². The summed E-state index contributed by atoms with van der Waals surface area (Å²) in [6.45, 7) is 3.14. The third kappa shape index (κ3) is 3.53. The van der Waals surface area contributed by atoms with E-state index in [1.54, 1.807) is 14.0 Å². The number of fused-ring (bicyclic) bond motifs is 1. The molecule has 112 valence electrons. The van der Waals surface area contributed by atoms with E-state index < -0.39 is 5.60 Å². The second kappa shape index (κ2) is 6.30. The fraction of sp³-hybridized carbons (Fsp3) is 0.571. The zero-order chi connectivity index (χ0) is 14.6. The van der Waals surface area contributed by atoms with Gasteiger partial charge >= 0.3 is 0 Å². The molecule has 0 saturated heterocycles. The maximum absolute atomic E-state index is 9.71. The Morgan fingerprint density at radius 3 is 2.80 bits per heavy atom. The maximum Gasteiger partial charge on any atom is 0.203 e. The van der Waals surface area contributed by atoms with Crippen LogP contribution in [0.15, 0.2) is 12.1 Å². The Bertz CT molecular complexity index is 444. The summed E-state index contributed by atoms with van der Waals surface area (Å²) in [4.78, 5) is 0. The second-order valence-corrected chi connectivity index (χ2v) is 5.08. The molecule has 1 aliphatic heterocycles.